The van der Waals surface area contributed by atoms with Gasteiger partial charge < -0.3 is 21.8 Å². The molecule has 0 radical (unpaired) electrons. The van der Waals surface area contributed by atoms with Crippen LogP contribution in [0, 0.1) is 0 Å². The molecule has 2 rings (SSSR count). The molecule has 1 saturated heterocycles. The van der Waals surface area contributed by atoms with Gasteiger partial charge in [-0.2, -0.15) is 8.42 Å². The third-order valence-electron chi connectivity index (χ3n) is 3.15. The summed E-state index contributed by atoms with van der Waals surface area (Å²) in [5, 5.41) is 0. The van der Waals surface area contributed by atoms with Crippen molar-refractivity contribution >= 4 is 28.2 Å². The van der Waals surface area contributed by atoms with Crippen LogP contribution in [0.4, 0.5) is 17.8 Å². The molecule has 0 aliphatic carbocycles. The minimum absolute atomic E-state index is 0. The molecule has 1 fully saturated rings. The normalized spacial score (nSPS) is 16.3. The van der Waals surface area contributed by atoms with Crippen molar-refractivity contribution < 1.29 is 27.5 Å². The van der Waals surface area contributed by atoms with Gasteiger partial charge in [0.1, 0.15) is 0 Å². The fraction of sp³-hybridized carbons (Fsp3) is 0.700. The zero-order valence-electron chi connectivity index (χ0n) is 11.9. The van der Waals surface area contributed by atoms with Gasteiger partial charge in [-0.1, -0.05) is 29.2 Å². The van der Waals surface area contributed by atoms with E-state index in [1.807, 2.05) is 4.90 Å². The number of nitrogens with zero attached hydrogens (tertiary/aromatic N) is 4. The molecular formula is C10H20N6O5S. The standard InChI is InChI=1S/C10H18N6O4S.H2O/c11-8-13-10(15-6-4-2-1-3-5-7-15)14-9(12)16(8)20-21(17,18)19;/h1-7H2,(H4,11,12,13,14,17,18,19);1H2. The molecule has 6 N–H and O–H groups in total. The van der Waals surface area contributed by atoms with Crippen molar-refractivity contribution in [2.45, 2.75) is 32.1 Å². The van der Waals surface area contributed by atoms with Crippen molar-refractivity contribution in [3.05, 3.63) is 0 Å². The van der Waals surface area contributed by atoms with Crippen LogP contribution in [0.25, 0.3) is 0 Å². The summed E-state index contributed by atoms with van der Waals surface area (Å²) in [6.45, 7) is 1.56. The molecule has 1 aliphatic rings. The Balaban J connectivity index is 0.00000242. The number of nitrogen functional groups attached to an aromatic ring is 2. The lowest BCUT2D eigenvalue weighted by atomic mass is 10.1. The minimum atomic E-state index is -4.76. The fourth-order valence-corrected chi connectivity index (χ4v) is 2.54. The molecule has 0 bridgehead atoms. The van der Waals surface area contributed by atoms with Crippen LogP contribution in [0.3, 0.4) is 0 Å². The first-order chi connectivity index (χ1) is 9.87. The maximum Gasteiger partial charge on any atom is 0.472 e. The van der Waals surface area contributed by atoms with Crippen LogP contribution in [0.15, 0.2) is 0 Å². The lowest BCUT2D eigenvalue weighted by molar-refractivity contribution is -0.836. The van der Waals surface area contributed by atoms with Gasteiger partial charge >= 0.3 is 28.2 Å². The van der Waals surface area contributed by atoms with E-state index in [9.17, 15) is 8.42 Å². The highest BCUT2D eigenvalue weighted by Crippen LogP contribution is 2.16. The van der Waals surface area contributed by atoms with Crippen molar-refractivity contribution in [1.29, 1.82) is 0 Å². The van der Waals surface area contributed by atoms with Gasteiger partial charge in [-0.15, -0.1) is 0 Å². The Hall–Kier alpha value is -1.92. The van der Waals surface area contributed by atoms with E-state index in [1.165, 1.54) is 6.42 Å². The maximum absolute atomic E-state index is 10.7. The Kier molecular flexibility index (Phi) is 6.08. The Morgan fingerprint density at radius 1 is 1.05 bits per heavy atom. The number of nitrogens with two attached hydrogens (primary N) is 2. The summed E-state index contributed by atoms with van der Waals surface area (Å²) in [6, 6.07) is 0. The van der Waals surface area contributed by atoms with E-state index in [-0.39, 0.29) is 17.4 Å². The van der Waals surface area contributed by atoms with E-state index in [0.29, 0.717) is 10.7 Å². The van der Waals surface area contributed by atoms with Gasteiger partial charge in [0, 0.05) is 13.1 Å². The van der Waals surface area contributed by atoms with Crippen molar-refractivity contribution in [3.63, 3.8) is 0 Å². The second-order valence-corrected chi connectivity index (χ2v) is 5.80. The number of aromatic nitrogens is 3. The van der Waals surface area contributed by atoms with Crippen LogP contribution in [-0.4, -0.2) is 41.5 Å². The van der Waals surface area contributed by atoms with Gasteiger partial charge in [-0.25, -0.2) is 4.28 Å². The van der Waals surface area contributed by atoms with Crippen molar-refractivity contribution in [2.24, 2.45) is 0 Å². The molecule has 0 amide bonds. The van der Waals surface area contributed by atoms with Gasteiger partial charge in [-0.05, 0) is 17.6 Å². The summed E-state index contributed by atoms with van der Waals surface area (Å²) >= 11 is 0. The second-order valence-electron chi connectivity index (χ2n) is 4.79. The smallest absolute Gasteiger partial charge is 0.472 e. The molecule has 126 valence electrons. The highest BCUT2D eigenvalue weighted by molar-refractivity contribution is 7.80. The van der Waals surface area contributed by atoms with Crippen LogP contribution in [0.2, 0.25) is 0 Å². The molecule has 22 heavy (non-hydrogen) atoms. The van der Waals surface area contributed by atoms with Gasteiger partial charge in [0.15, 0.2) is 0 Å². The summed E-state index contributed by atoms with van der Waals surface area (Å²) in [7, 11) is -4.76. The van der Waals surface area contributed by atoms with Crippen molar-refractivity contribution in [2.75, 3.05) is 29.5 Å². The Labute approximate surface area is 128 Å². The molecule has 0 aromatic carbocycles. The van der Waals surface area contributed by atoms with Gasteiger partial charge in [0.05, 0.1) is 0 Å². The lowest BCUT2D eigenvalue weighted by Crippen LogP contribution is -2.51. The van der Waals surface area contributed by atoms with Gasteiger partial charge in [0.2, 0.25) is 0 Å². The van der Waals surface area contributed by atoms with E-state index in [2.05, 4.69) is 14.3 Å². The second kappa shape index (κ2) is 7.38. The first-order valence-electron chi connectivity index (χ1n) is 6.64. The third-order valence-corrected chi connectivity index (χ3v) is 3.49. The summed E-state index contributed by atoms with van der Waals surface area (Å²) in [5.74, 6) is -0.295. The quantitative estimate of drug-likeness (QED) is 0.446. The van der Waals surface area contributed by atoms with E-state index in [0.717, 1.165) is 38.8 Å². The third kappa shape index (κ3) is 4.82. The molecule has 1 aromatic rings. The monoisotopic (exact) mass is 336 g/mol. The van der Waals surface area contributed by atoms with Crippen LogP contribution in [0.5, 0.6) is 0 Å². The Morgan fingerprint density at radius 3 is 1.95 bits per heavy atom. The van der Waals surface area contributed by atoms with E-state index in [1.54, 1.807) is 0 Å². The summed E-state index contributed by atoms with van der Waals surface area (Å²) in [6.07, 6.45) is 5.52. The zero-order valence-corrected chi connectivity index (χ0v) is 12.7. The highest BCUT2D eigenvalue weighted by atomic mass is 32.3. The SMILES string of the molecule is Nc1nc(N2CCCCCCC2)nc(N)[n+]1OS(=O)(=O)O.[OH-]. The summed E-state index contributed by atoms with van der Waals surface area (Å²) in [4.78, 5) is 9.93. The van der Waals surface area contributed by atoms with Crippen molar-refractivity contribution in [3.8, 4) is 0 Å². The Bertz CT molecular complexity index is 579. The first kappa shape index (κ1) is 18.1. The van der Waals surface area contributed by atoms with Gasteiger partial charge in [0.25, 0.3) is 0 Å². The highest BCUT2D eigenvalue weighted by Gasteiger charge is 2.24. The molecule has 0 saturated carbocycles. The first-order valence-corrected chi connectivity index (χ1v) is 8.01. The molecule has 2 heterocycles. The van der Waals surface area contributed by atoms with Gasteiger partial charge in [-0.3, -0.25) is 4.55 Å². The average molecular weight is 336 g/mol. The Morgan fingerprint density at radius 2 is 1.50 bits per heavy atom. The fourth-order valence-electron chi connectivity index (χ4n) is 2.20. The van der Waals surface area contributed by atoms with E-state index >= 15 is 0 Å². The molecule has 11 nitrogen and oxygen atoms in total. The predicted octanol–water partition coefficient (Wildman–Crippen LogP) is -1.25. The predicted molar refractivity (Wildman–Crippen MR) is 76.4 cm³/mol. The molecule has 0 spiro atoms. The summed E-state index contributed by atoms with van der Waals surface area (Å²) in [5.41, 5.74) is 11.2. The van der Waals surface area contributed by atoms with E-state index < -0.39 is 10.4 Å². The van der Waals surface area contributed by atoms with Crippen LogP contribution in [0.1, 0.15) is 32.1 Å². The molecule has 0 unspecified atom stereocenters. The number of hydrogen-bond donors (Lipinski definition) is 3. The maximum atomic E-state index is 10.7. The molecular weight excluding hydrogens is 316 g/mol. The molecule has 1 aliphatic heterocycles. The molecule has 1 aromatic heterocycles. The number of anilines is 3. The summed E-state index contributed by atoms with van der Waals surface area (Å²) < 4.78 is 34.7. The largest absolute Gasteiger partial charge is 0.870 e. The van der Waals surface area contributed by atoms with Crippen LogP contribution < -0.4 is 25.4 Å². The minimum Gasteiger partial charge on any atom is -0.870 e. The number of hydrogen-bond acceptors (Lipinski definition) is 9. The zero-order chi connectivity index (χ0) is 15.5. The number of rotatable bonds is 3. The van der Waals surface area contributed by atoms with E-state index in [4.69, 9.17) is 16.0 Å². The molecule has 12 heteroatoms. The average Bonchev–Trinajstić information content (AvgIpc) is 2.32. The molecule has 0 atom stereocenters. The van der Waals surface area contributed by atoms with Crippen LogP contribution in [-0.2, 0) is 10.4 Å². The van der Waals surface area contributed by atoms with Crippen LogP contribution >= 0.6 is 0 Å². The lowest BCUT2D eigenvalue weighted by Gasteiger charge is -2.22. The van der Waals surface area contributed by atoms with Crippen molar-refractivity contribution in [1.82, 2.24) is 9.97 Å². The topological polar surface area (TPSA) is 179 Å².